The zero-order chi connectivity index (χ0) is 17.2. The third-order valence-corrected chi connectivity index (χ3v) is 4.20. The first-order chi connectivity index (χ1) is 10.8. The molecule has 0 spiro atoms. The number of carbonyl (C=O) groups is 2. The maximum atomic E-state index is 13.1. The topological polar surface area (TPSA) is 78.4 Å². The first kappa shape index (κ1) is 17.3. The van der Waals surface area contributed by atoms with Gasteiger partial charge in [-0.15, -0.1) is 0 Å². The number of hydrogen-bond donors (Lipinski definition) is 3. The predicted molar refractivity (Wildman–Crippen MR) is 75.9 cm³/mol. The normalized spacial score (nSPS) is 23.6. The second-order valence-corrected chi connectivity index (χ2v) is 5.94. The molecular formula is C15H17F3N2O3. The molecule has 1 aliphatic carbocycles. The van der Waals surface area contributed by atoms with Crippen molar-refractivity contribution in [1.29, 1.82) is 0 Å². The molecule has 1 aromatic carbocycles. The number of rotatable bonds is 3. The van der Waals surface area contributed by atoms with Gasteiger partial charge in [0.15, 0.2) is 17.5 Å². The molecule has 1 saturated carbocycles. The predicted octanol–water partition coefficient (Wildman–Crippen LogP) is 1.71. The molecule has 8 heteroatoms. The molecule has 1 fully saturated rings. The van der Waals surface area contributed by atoms with E-state index in [1.165, 1.54) is 0 Å². The highest BCUT2D eigenvalue weighted by Crippen LogP contribution is 2.37. The number of aliphatic hydroxyl groups is 1. The number of amides is 2. The number of halogens is 3. The van der Waals surface area contributed by atoms with Crippen molar-refractivity contribution < 1.29 is 27.9 Å². The lowest BCUT2D eigenvalue weighted by atomic mass is 9.86. The van der Waals surface area contributed by atoms with Gasteiger partial charge in [-0.05, 0) is 12.8 Å². The standard InChI is InChI=1S/C15H17F3N2O3/c1-15(7-21)4-2-3-11(15)20-14(23)13(22)19-8-5-9(16)12(18)10(17)6-8/h5-6,11,21H,2-4,7H2,1H3,(H,19,22)(H,20,23). The highest BCUT2D eigenvalue weighted by Gasteiger charge is 2.39. The summed E-state index contributed by atoms with van der Waals surface area (Å²) in [5.41, 5.74) is -0.873. The Kier molecular flexibility index (Phi) is 4.93. The Morgan fingerprint density at radius 3 is 2.43 bits per heavy atom. The molecular weight excluding hydrogens is 313 g/mol. The summed E-state index contributed by atoms with van der Waals surface area (Å²) >= 11 is 0. The van der Waals surface area contributed by atoms with Crippen LogP contribution in [0.15, 0.2) is 12.1 Å². The highest BCUT2D eigenvalue weighted by atomic mass is 19.2. The second-order valence-electron chi connectivity index (χ2n) is 5.94. The van der Waals surface area contributed by atoms with Crippen LogP contribution in [0.2, 0.25) is 0 Å². The van der Waals surface area contributed by atoms with Gasteiger partial charge in [-0.1, -0.05) is 13.3 Å². The number of hydrogen-bond acceptors (Lipinski definition) is 3. The summed E-state index contributed by atoms with van der Waals surface area (Å²) in [6.07, 6.45) is 2.14. The van der Waals surface area contributed by atoms with Gasteiger partial charge in [0.1, 0.15) is 0 Å². The molecule has 1 aliphatic rings. The molecule has 2 rings (SSSR count). The smallest absolute Gasteiger partial charge is 0.313 e. The summed E-state index contributed by atoms with van der Waals surface area (Å²) in [4.78, 5) is 23.7. The summed E-state index contributed by atoms with van der Waals surface area (Å²) in [5.74, 6) is -6.70. The zero-order valence-electron chi connectivity index (χ0n) is 12.5. The fraction of sp³-hybridized carbons (Fsp3) is 0.467. The van der Waals surface area contributed by atoms with E-state index in [2.05, 4.69) is 5.32 Å². The van der Waals surface area contributed by atoms with Crippen LogP contribution in [-0.4, -0.2) is 29.6 Å². The Morgan fingerprint density at radius 2 is 1.87 bits per heavy atom. The van der Waals surface area contributed by atoms with Gasteiger partial charge in [0.05, 0.1) is 6.61 Å². The fourth-order valence-electron chi connectivity index (χ4n) is 2.71. The Balaban J connectivity index is 2.02. The SMILES string of the molecule is CC1(CO)CCCC1NC(=O)C(=O)Nc1cc(F)c(F)c(F)c1. The van der Waals surface area contributed by atoms with Crippen molar-refractivity contribution in [3.63, 3.8) is 0 Å². The second kappa shape index (κ2) is 6.57. The fourth-order valence-corrected chi connectivity index (χ4v) is 2.71. The van der Waals surface area contributed by atoms with Crippen molar-refractivity contribution in [1.82, 2.24) is 5.32 Å². The van der Waals surface area contributed by atoms with Gasteiger partial charge in [-0.25, -0.2) is 13.2 Å². The van der Waals surface area contributed by atoms with E-state index in [4.69, 9.17) is 0 Å². The Morgan fingerprint density at radius 1 is 1.26 bits per heavy atom. The summed E-state index contributed by atoms with van der Waals surface area (Å²) in [6.45, 7) is 1.67. The van der Waals surface area contributed by atoms with Crippen LogP contribution >= 0.6 is 0 Å². The van der Waals surface area contributed by atoms with E-state index in [1.807, 2.05) is 5.32 Å². The van der Waals surface area contributed by atoms with Crippen molar-refractivity contribution in [2.24, 2.45) is 5.41 Å². The molecule has 5 nitrogen and oxygen atoms in total. The Labute approximate surface area is 130 Å². The molecule has 0 aliphatic heterocycles. The Bertz CT molecular complexity index is 615. The van der Waals surface area contributed by atoms with Crippen LogP contribution in [0.3, 0.4) is 0 Å². The van der Waals surface area contributed by atoms with Gasteiger partial charge >= 0.3 is 11.8 Å². The van der Waals surface area contributed by atoms with E-state index < -0.39 is 34.7 Å². The first-order valence-electron chi connectivity index (χ1n) is 7.14. The molecule has 3 N–H and O–H groups in total. The lowest BCUT2D eigenvalue weighted by Gasteiger charge is -2.29. The van der Waals surface area contributed by atoms with Crippen LogP contribution in [0.5, 0.6) is 0 Å². The molecule has 0 aromatic heterocycles. The van der Waals surface area contributed by atoms with Crippen molar-refractivity contribution in [2.45, 2.75) is 32.2 Å². The monoisotopic (exact) mass is 330 g/mol. The molecule has 0 radical (unpaired) electrons. The average molecular weight is 330 g/mol. The van der Waals surface area contributed by atoms with Gasteiger partial charge in [-0.2, -0.15) is 0 Å². The Hall–Kier alpha value is -2.09. The van der Waals surface area contributed by atoms with Crippen molar-refractivity contribution in [2.75, 3.05) is 11.9 Å². The summed E-state index contributed by atoms with van der Waals surface area (Å²) in [7, 11) is 0. The number of benzene rings is 1. The third-order valence-electron chi connectivity index (χ3n) is 4.20. The van der Waals surface area contributed by atoms with E-state index in [1.54, 1.807) is 6.92 Å². The number of aliphatic hydroxyl groups excluding tert-OH is 1. The first-order valence-corrected chi connectivity index (χ1v) is 7.14. The molecule has 0 heterocycles. The number of anilines is 1. The van der Waals surface area contributed by atoms with Crippen molar-refractivity contribution >= 4 is 17.5 Å². The van der Waals surface area contributed by atoms with E-state index in [0.717, 1.165) is 6.42 Å². The van der Waals surface area contributed by atoms with Crippen LogP contribution in [0.25, 0.3) is 0 Å². The summed E-state index contributed by atoms with van der Waals surface area (Å²) in [6, 6.07) is 0.793. The van der Waals surface area contributed by atoms with Crippen LogP contribution in [0, 0.1) is 22.9 Å². The average Bonchev–Trinajstić information content (AvgIpc) is 2.86. The lowest BCUT2D eigenvalue weighted by molar-refractivity contribution is -0.137. The molecule has 0 bridgehead atoms. The van der Waals surface area contributed by atoms with E-state index in [-0.39, 0.29) is 18.3 Å². The van der Waals surface area contributed by atoms with Gasteiger partial charge < -0.3 is 15.7 Å². The molecule has 126 valence electrons. The molecule has 2 unspecified atom stereocenters. The van der Waals surface area contributed by atoms with E-state index in [9.17, 15) is 27.9 Å². The molecule has 23 heavy (non-hydrogen) atoms. The van der Waals surface area contributed by atoms with Crippen LogP contribution in [-0.2, 0) is 9.59 Å². The summed E-state index contributed by atoms with van der Waals surface area (Å²) in [5, 5.41) is 13.9. The van der Waals surface area contributed by atoms with Crippen molar-refractivity contribution in [3.05, 3.63) is 29.6 Å². The highest BCUT2D eigenvalue weighted by molar-refractivity contribution is 6.39. The largest absolute Gasteiger partial charge is 0.396 e. The molecule has 0 saturated heterocycles. The lowest BCUT2D eigenvalue weighted by Crippen LogP contribution is -2.48. The maximum absolute atomic E-state index is 13.1. The van der Waals surface area contributed by atoms with Gasteiger partial charge in [0.25, 0.3) is 0 Å². The zero-order valence-corrected chi connectivity index (χ0v) is 12.5. The minimum absolute atomic E-state index is 0.131. The van der Waals surface area contributed by atoms with Crippen LogP contribution in [0.1, 0.15) is 26.2 Å². The van der Waals surface area contributed by atoms with Crippen molar-refractivity contribution in [3.8, 4) is 0 Å². The quantitative estimate of drug-likeness (QED) is 0.583. The van der Waals surface area contributed by atoms with Gasteiger partial charge in [-0.3, -0.25) is 9.59 Å². The molecule has 2 atom stereocenters. The minimum atomic E-state index is -1.66. The maximum Gasteiger partial charge on any atom is 0.313 e. The van der Waals surface area contributed by atoms with Gasteiger partial charge in [0, 0.05) is 29.3 Å². The van der Waals surface area contributed by atoms with E-state index in [0.29, 0.717) is 25.0 Å². The number of carbonyl (C=O) groups excluding carboxylic acids is 2. The van der Waals surface area contributed by atoms with Gasteiger partial charge in [0.2, 0.25) is 0 Å². The molecule has 1 aromatic rings. The number of nitrogens with one attached hydrogen (secondary N) is 2. The summed E-state index contributed by atoms with van der Waals surface area (Å²) < 4.78 is 39.0. The van der Waals surface area contributed by atoms with E-state index >= 15 is 0 Å². The molecule has 2 amide bonds. The van der Waals surface area contributed by atoms with Crippen LogP contribution in [0.4, 0.5) is 18.9 Å². The van der Waals surface area contributed by atoms with Crippen LogP contribution < -0.4 is 10.6 Å². The third kappa shape index (κ3) is 3.64. The minimum Gasteiger partial charge on any atom is -0.396 e.